The van der Waals surface area contributed by atoms with Crippen LogP contribution in [-0.4, -0.2) is 4.99 Å². The molecule has 0 amide bonds. The normalized spacial score (nSPS) is 10.3. The van der Waals surface area contributed by atoms with Gasteiger partial charge in [0.1, 0.15) is 16.6 Å². The molecule has 0 aromatic heterocycles. The van der Waals surface area contributed by atoms with Gasteiger partial charge in [-0.3, -0.25) is 0 Å². The topological polar surface area (TPSA) is 38.0 Å². The van der Waals surface area contributed by atoms with E-state index in [1.54, 1.807) is 6.07 Å². The number of hydrogen-bond donors (Lipinski definition) is 2. The number of nitrogens with one attached hydrogen (secondary N) is 1. The molecule has 0 heterocycles. The van der Waals surface area contributed by atoms with Crippen molar-refractivity contribution in [1.29, 1.82) is 0 Å². The maximum Gasteiger partial charge on any atom is 0.147 e. The zero-order valence-corrected chi connectivity index (χ0v) is 11.2. The summed E-state index contributed by atoms with van der Waals surface area (Å²) in [6, 6.07) is 8.16. The molecule has 6 heteroatoms. The summed E-state index contributed by atoms with van der Waals surface area (Å²) >= 11 is 10.5. The van der Waals surface area contributed by atoms with Gasteiger partial charge >= 0.3 is 0 Å². The highest BCUT2D eigenvalue weighted by molar-refractivity contribution is 7.80. The van der Waals surface area contributed by atoms with Gasteiger partial charge in [-0.05, 0) is 36.4 Å². The Hall–Kier alpha value is -1.72. The fraction of sp³-hybridized carbons (Fsp3) is 0. The molecule has 0 bridgehead atoms. The van der Waals surface area contributed by atoms with Crippen LogP contribution in [0.15, 0.2) is 36.4 Å². The van der Waals surface area contributed by atoms with Crippen LogP contribution in [0.5, 0.6) is 0 Å². The van der Waals surface area contributed by atoms with E-state index in [0.717, 1.165) is 0 Å². The summed E-state index contributed by atoms with van der Waals surface area (Å²) in [6.07, 6.45) is 0. The molecule has 2 rings (SSSR count). The Morgan fingerprint density at radius 3 is 2.42 bits per heavy atom. The first kappa shape index (κ1) is 13.7. The second-order valence-corrected chi connectivity index (χ2v) is 4.68. The number of anilines is 2. The fourth-order valence-corrected chi connectivity index (χ4v) is 1.81. The number of nitrogens with two attached hydrogens (primary N) is 1. The molecule has 0 saturated heterocycles. The molecule has 0 aliphatic heterocycles. The molecule has 2 aromatic rings. The SMILES string of the molecule is NC(=S)c1ccc(Nc2cc(Cl)ccc2F)c(F)c1. The van der Waals surface area contributed by atoms with Crippen molar-refractivity contribution < 1.29 is 8.78 Å². The third-order valence-electron chi connectivity index (χ3n) is 2.45. The van der Waals surface area contributed by atoms with Gasteiger partial charge in [-0.2, -0.15) is 0 Å². The highest BCUT2D eigenvalue weighted by atomic mass is 35.5. The second kappa shape index (κ2) is 5.50. The smallest absolute Gasteiger partial charge is 0.147 e. The molecule has 0 aliphatic carbocycles. The van der Waals surface area contributed by atoms with Crippen molar-refractivity contribution in [3.63, 3.8) is 0 Å². The van der Waals surface area contributed by atoms with Gasteiger partial charge in [0, 0.05) is 10.6 Å². The zero-order chi connectivity index (χ0) is 14.0. The van der Waals surface area contributed by atoms with Crippen molar-refractivity contribution >= 4 is 40.2 Å². The van der Waals surface area contributed by atoms with E-state index in [-0.39, 0.29) is 16.4 Å². The van der Waals surface area contributed by atoms with Crippen LogP contribution in [0.25, 0.3) is 0 Å². The van der Waals surface area contributed by atoms with E-state index in [0.29, 0.717) is 10.6 Å². The lowest BCUT2D eigenvalue weighted by Gasteiger charge is -2.10. The van der Waals surface area contributed by atoms with E-state index >= 15 is 0 Å². The van der Waals surface area contributed by atoms with Crippen molar-refractivity contribution in [1.82, 2.24) is 0 Å². The van der Waals surface area contributed by atoms with Crippen LogP contribution in [0.1, 0.15) is 5.56 Å². The molecular weight excluding hydrogens is 290 g/mol. The number of halogens is 3. The standard InChI is InChI=1S/C13H9ClF2N2S/c14-8-2-3-9(15)12(6-8)18-11-4-1-7(13(17)19)5-10(11)16/h1-6,18H,(H2,17,19). The van der Waals surface area contributed by atoms with E-state index in [2.05, 4.69) is 5.32 Å². The number of hydrogen-bond acceptors (Lipinski definition) is 2. The maximum atomic E-state index is 13.8. The predicted molar refractivity (Wildman–Crippen MR) is 77.0 cm³/mol. The van der Waals surface area contributed by atoms with E-state index in [1.807, 2.05) is 0 Å². The van der Waals surface area contributed by atoms with Crippen molar-refractivity contribution in [2.45, 2.75) is 0 Å². The summed E-state index contributed by atoms with van der Waals surface area (Å²) in [5.74, 6) is -1.10. The number of benzene rings is 2. The Labute approximate surface area is 119 Å². The Morgan fingerprint density at radius 2 is 1.79 bits per heavy atom. The van der Waals surface area contributed by atoms with Gasteiger partial charge in [-0.15, -0.1) is 0 Å². The summed E-state index contributed by atoms with van der Waals surface area (Å²) in [7, 11) is 0. The molecule has 3 N–H and O–H groups in total. The molecule has 19 heavy (non-hydrogen) atoms. The highest BCUT2D eigenvalue weighted by Gasteiger charge is 2.08. The first-order valence-corrected chi connectivity index (χ1v) is 6.07. The summed E-state index contributed by atoms with van der Waals surface area (Å²) in [5.41, 5.74) is 6.01. The molecule has 0 atom stereocenters. The molecule has 98 valence electrons. The minimum atomic E-state index is -0.579. The monoisotopic (exact) mass is 298 g/mol. The molecule has 2 aromatic carbocycles. The van der Waals surface area contributed by atoms with E-state index in [4.69, 9.17) is 29.6 Å². The zero-order valence-electron chi connectivity index (χ0n) is 9.58. The molecule has 0 spiro atoms. The van der Waals surface area contributed by atoms with Gasteiger partial charge in [0.2, 0.25) is 0 Å². The average Bonchev–Trinajstić information content (AvgIpc) is 2.36. The summed E-state index contributed by atoms with van der Waals surface area (Å²) in [5, 5.41) is 2.98. The van der Waals surface area contributed by atoms with Gasteiger partial charge < -0.3 is 11.1 Å². The molecule has 0 aliphatic rings. The molecular formula is C13H9ClF2N2S. The van der Waals surface area contributed by atoms with Gasteiger partial charge in [0.15, 0.2) is 0 Å². The van der Waals surface area contributed by atoms with E-state index in [9.17, 15) is 8.78 Å². The second-order valence-electron chi connectivity index (χ2n) is 3.81. The van der Waals surface area contributed by atoms with E-state index in [1.165, 1.54) is 30.3 Å². The van der Waals surface area contributed by atoms with Crippen LogP contribution in [-0.2, 0) is 0 Å². The summed E-state index contributed by atoms with van der Waals surface area (Å²) < 4.78 is 27.3. The van der Waals surface area contributed by atoms with Crippen LogP contribution < -0.4 is 11.1 Å². The quantitative estimate of drug-likeness (QED) is 0.841. The first-order chi connectivity index (χ1) is 8.97. The Kier molecular flexibility index (Phi) is 3.97. The number of thiocarbonyl (C=S) groups is 1. The molecule has 0 fully saturated rings. The molecule has 0 saturated carbocycles. The van der Waals surface area contributed by atoms with Crippen molar-refractivity contribution in [2.24, 2.45) is 5.73 Å². The maximum absolute atomic E-state index is 13.8. The largest absolute Gasteiger partial charge is 0.389 e. The Bertz CT molecular complexity index is 647. The van der Waals surface area contributed by atoms with Crippen molar-refractivity contribution in [3.05, 3.63) is 58.6 Å². The lowest BCUT2D eigenvalue weighted by Crippen LogP contribution is -2.10. The predicted octanol–water partition coefficient (Wildman–Crippen LogP) is 4.00. The van der Waals surface area contributed by atoms with Crippen LogP contribution in [0.2, 0.25) is 5.02 Å². The van der Waals surface area contributed by atoms with Crippen molar-refractivity contribution in [2.75, 3.05) is 5.32 Å². The van der Waals surface area contributed by atoms with Gasteiger partial charge in [0.25, 0.3) is 0 Å². The molecule has 0 unspecified atom stereocenters. The van der Waals surface area contributed by atoms with Crippen LogP contribution in [0.4, 0.5) is 20.2 Å². The van der Waals surface area contributed by atoms with Gasteiger partial charge in [0.05, 0.1) is 11.4 Å². The summed E-state index contributed by atoms with van der Waals surface area (Å²) in [4.78, 5) is 0.0967. The Morgan fingerprint density at radius 1 is 1.05 bits per heavy atom. The highest BCUT2D eigenvalue weighted by Crippen LogP contribution is 2.25. The lowest BCUT2D eigenvalue weighted by molar-refractivity contribution is 0.625. The average molecular weight is 299 g/mol. The first-order valence-electron chi connectivity index (χ1n) is 5.29. The van der Waals surface area contributed by atoms with Crippen LogP contribution in [0.3, 0.4) is 0 Å². The fourth-order valence-electron chi connectivity index (χ4n) is 1.51. The minimum Gasteiger partial charge on any atom is -0.389 e. The van der Waals surface area contributed by atoms with Crippen molar-refractivity contribution in [3.8, 4) is 0 Å². The van der Waals surface area contributed by atoms with E-state index < -0.39 is 11.6 Å². The Balaban J connectivity index is 2.33. The van der Waals surface area contributed by atoms with Gasteiger partial charge in [-0.25, -0.2) is 8.78 Å². The third-order valence-corrected chi connectivity index (χ3v) is 2.92. The molecule has 2 nitrogen and oxygen atoms in total. The molecule has 0 radical (unpaired) electrons. The third kappa shape index (κ3) is 3.19. The minimum absolute atomic E-state index is 0.0921. The van der Waals surface area contributed by atoms with Gasteiger partial charge in [-0.1, -0.05) is 23.8 Å². The van der Waals surface area contributed by atoms with Crippen LogP contribution >= 0.6 is 23.8 Å². The lowest BCUT2D eigenvalue weighted by atomic mass is 10.2. The summed E-state index contributed by atoms with van der Waals surface area (Å²) in [6.45, 7) is 0. The van der Waals surface area contributed by atoms with Crippen LogP contribution in [0, 0.1) is 11.6 Å². The number of rotatable bonds is 3.